The maximum Gasteiger partial charge on any atom is 0.255 e. The van der Waals surface area contributed by atoms with Crippen molar-refractivity contribution in [1.82, 2.24) is 0 Å². The Balaban J connectivity index is 1.76. The van der Waals surface area contributed by atoms with Gasteiger partial charge in [0.1, 0.15) is 5.76 Å². The molecule has 122 valence electrons. The van der Waals surface area contributed by atoms with E-state index in [2.05, 4.69) is 26.1 Å². The molecular formula is C21H21NO2. The zero-order valence-corrected chi connectivity index (χ0v) is 14.2. The first kappa shape index (κ1) is 16.1. The Morgan fingerprint density at radius 1 is 0.958 bits per heavy atom. The van der Waals surface area contributed by atoms with E-state index in [1.54, 1.807) is 6.26 Å². The number of carbonyl (C=O) groups excluding carboxylic acids is 1. The molecule has 0 aliphatic carbocycles. The van der Waals surface area contributed by atoms with Crippen LogP contribution < -0.4 is 5.32 Å². The molecule has 0 radical (unpaired) electrons. The predicted octanol–water partition coefficient (Wildman–Crippen LogP) is 5.50. The molecule has 3 nitrogen and oxygen atoms in total. The molecule has 0 aliphatic rings. The number of amides is 1. The summed E-state index contributed by atoms with van der Waals surface area (Å²) in [5.41, 5.74) is 3.60. The van der Waals surface area contributed by atoms with Crippen molar-refractivity contribution in [2.75, 3.05) is 5.32 Å². The van der Waals surface area contributed by atoms with Gasteiger partial charge in [-0.3, -0.25) is 4.79 Å². The summed E-state index contributed by atoms with van der Waals surface area (Å²) < 4.78 is 5.40. The highest BCUT2D eigenvalue weighted by Gasteiger charge is 2.14. The van der Waals surface area contributed by atoms with Gasteiger partial charge in [0.25, 0.3) is 5.91 Å². The number of benzene rings is 2. The molecule has 0 unspecified atom stereocenters. The molecule has 0 bridgehead atoms. The van der Waals surface area contributed by atoms with Crippen molar-refractivity contribution in [3.05, 3.63) is 78.1 Å². The highest BCUT2D eigenvalue weighted by Crippen LogP contribution is 2.24. The average Bonchev–Trinajstić information content (AvgIpc) is 3.09. The molecule has 1 amide bonds. The van der Waals surface area contributed by atoms with Crippen molar-refractivity contribution in [3.63, 3.8) is 0 Å². The molecule has 0 saturated heterocycles. The number of nitrogens with one attached hydrogen (secondary N) is 1. The lowest BCUT2D eigenvalue weighted by atomic mass is 9.87. The van der Waals surface area contributed by atoms with Crippen LogP contribution in [0.4, 0.5) is 5.69 Å². The maximum atomic E-state index is 12.4. The van der Waals surface area contributed by atoms with Gasteiger partial charge in [-0.25, -0.2) is 0 Å². The lowest BCUT2D eigenvalue weighted by molar-refractivity contribution is 0.102. The normalized spacial score (nSPS) is 11.3. The zero-order chi connectivity index (χ0) is 17.2. The molecule has 24 heavy (non-hydrogen) atoms. The van der Waals surface area contributed by atoms with Crippen molar-refractivity contribution in [2.24, 2.45) is 0 Å². The van der Waals surface area contributed by atoms with Gasteiger partial charge < -0.3 is 9.73 Å². The molecule has 0 atom stereocenters. The number of carbonyl (C=O) groups is 1. The molecule has 1 aromatic heterocycles. The van der Waals surface area contributed by atoms with E-state index in [0.717, 1.165) is 17.0 Å². The third kappa shape index (κ3) is 3.57. The molecule has 0 fully saturated rings. The molecular weight excluding hydrogens is 298 g/mol. The largest absolute Gasteiger partial charge is 0.464 e. The standard InChI is InChI=1S/C21H21NO2/c1-21(2,3)17-11-9-15(10-12-17)20(23)22-18-7-4-6-16(14-18)19-8-5-13-24-19/h4-14H,1-3H3,(H,22,23). The van der Waals surface area contributed by atoms with Crippen LogP contribution in [-0.2, 0) is 5.41 Å². The Kier molecular flexibility index (Phi) is 4.26. The van der Waals surface area contributed by atoms with Gasteiger partial charge in [0, 0.05) is 16.8 Å². The maximum absolute atomic E-state index is 12.4. The Bertz CT molecular complexity index is 825. The van der Waals surface area contributed by atoms with E-state index in [4.69, 9.17) is 4.42 Å². The highest BCUT2D eigenvalue weighted by atomic mass is 16.3. The minimum atomic E-state index is -0.118. The SMILES string of the molecule is CC(C)(C)c1ccc(C(=O)Nc2cccc(-c3ccco3)c2)cc1. The molecule has 0 spiro atoms. The van der Waals surface area contributed by atoms with Gasteiger partial charge >= 0.3 is 0 Å². The molecule has 1 N–H and O–H groups in total. The van der Waals surface area contributed by atoms with E-state index in [-0.39, 0.29) is 11.3 Å². The summed E-state index contributed by atoms with van der Waals surface area (Å²) in [5, 5.41) is 2.94. The lowest BCUT2D eigenvalue weighted by Gasteiger charge is -2.19. The third-order valence-electron chi connectivity index (χ3n) is 3.94. The Labute approximate surface area is 142 Å². The van der Waals surface area contributed by atoms with E-state index in [1.807, 2.05) is 60.7 Å². The van der Waals surface area contributed by atoms with Gasteiger partial charge in [0.15, 0.2) is 0 Å². The quantitative estimate of drug-likeness (QED) is 0.693. The van der Waals surface area contributed by atoms with Gasteiger partial charge in [0.2, 0.25) is 0 Å². The van der Waals surface area contributed by atoms with E-state index in [9.17, 15) is 4.79 Å². The van der Waals surface area contributed by atoms with Crippen LogP contribution in [0.25, 0.3) is 11.3 Å². The van der Waals surface area contributed by atoms with Crippen LogP contribution in [0.2, 0.25) is 0 Å². The second kappa shape index (κ2) is 6.36. The van der Waals surface area contributed by atoms with Crippen molar-refractivity contribution in [1.29, 1.82) is 0 Å². The van der Waals surface area contributed by atoms with Crippen LogP contribution in [0.1, 0.15) is 36.7 Å². The fraction of sp³-hybridized carbons (Fsp3) is 0.190. The van der Waals surface area contributed by atoms with Crippen LogP contribution >= 0.6 is 0 Å². The molecule has 2 aromatic carbocycles. The monoisotopic (exact) mass is 319 g/mol. The van der Waals surface area contributed by atoms with Gasteiger partial charge in [-0.15, -0.1) is 0 Å². The summed E-state index contributed by atoms with van der Waals surface area (Å²) in [6, 6.07) is 19.1. The Hall–Kier alpha value is -2.81. The summed E-state index contributed by atoms with van der Waals surface area (Å²) in [6.45, 7) is 6.46. The van der Waals surface area contributed by atoms with E-state index in [1.165, 1.54) is 5.56 Å². The van der Waals surface area contributed by atoms with Gasteiger partial charge in [-0.05, 0) is 47.4 Å². The zero-order valence-electron chi connectivity index (χ0n) is 14.2. The van der Waals surface area contributed by atoms with E-state index in [0.29, 0.717) is 5.56 Å². The summed E-state index contributed by atoms with van der Waals surface area (Å²) in [4.78, 5) is 12.4. The summed E-state index contributed by atoms with van der Waals surface area (Å²) in [5.74, 6) is 0.660. The second-order valence-corrected chi connectivity index (χ2v) is 6.84. The number of hydrogen-bond acceptors (Lipinski definition) is 2. The first-order valence-electron chi connectivity index (χ1n) is 7.99. The fourth-order valence-corrected chi connectivity index (χ4v) is 2.52. The molecule has 3 aromatic rings. The van der Waals surface area contributed by atoms with Crippen LogP contribution in [0.5, 0.6) is 0 Å². The molecule has 3 heteroatoms. The predicted molar refractivity (Wildman–Crippen MR) is 97.2 cm³/mol. The minimum absolute atomic E-state index is 0.0758. The molecule has 0 saturated carbocycles. The molecule has 0 aliphatic heterocycles. The van der Waals surface area contributed by atoms with Crippen molar-refractivity contribution in [2.45, 2.75) is 26.2 Å². The van der Waals surface area contributed by atoms with E-state index < -0.39 is 0 Å². The topological polar surface area (TPSA) is 42.2 Å². The molecule has 1 heterocycles. The first-order chi connectivity index (χ1) is 11.4. The number of hydrogen-bond donors (Lipinski definition) is 1. The van der Waals surface area contributed by atoms with E-state index >= 15 is 0 Å². The van der Waals surface area contributed by atoms with Crippen molar-refractivity contribution >= 4 is 11.6 Å². The van der Waals surface area contributed by atoms with Gasteiger partial charge in [-0.2, -0.15) is 0 Å². The summed E-state index contributed by atoms with van der Waals surface area (Å²) in [7, 11) is 0. The third-order valence-corrected chi connectivity index (χ3v) is 3.94. The van der Waals surface area contributed by atoms with Crippen LogP contribution in [0, 0.1) is 0 Å². The van der Waals surface area contributed by atoms with Gasteiger partial charge in [0.05, 0.1) is 6.26 Å². The lowest BCUT2D eigenvalue weighted by Crippen LogP contribution is -2.14. The minimum Gasteiger partial charge on any atom is -0.464 e. The fourth-order valence-electron chi connectivity index (χ4n) is 2.52. The average molecular weight is 319 g/mol. The second-order valence-electron chi connectivity index (χ2n) is 6.84. The van der Waals surface area contributed by atoms with Crippen molar-refractivity contribution < 1.29 is 9.21 Å². The molecule has 3 rings (SSSR count). The van der Waals surface area contributed by atoms with Crippen LogP contribution in [0.15, 0.2) is 71.3 Å². The Morgan fingerprint density at radius 3 is 2.33 bits per heavy atom. The van der Waals surface area contributed by atoms with Crippen LogP contribution in [-0.4, -0.2) is 5.91 Å². The highest BCUT2D eigenvalue weighted by molar-refractivity contribution is 6.04. The summed E-state index contributed by atoms with van der Waals surface area (Å²) in [6.07, 6.45) is 1.64. The number of furan rings is 1. The Morgan fingerprint density at radius 2 is 1.71 bits per heavy atom. The van der Waals surface area contributed by atoms with Crippen LogP contribution in [0.3, 0.4) is 0 Å². The number of anilines is 1. The number of rotatable bonds is 3. The van der Waals surface area contributed by atoms with Gasteiger partial charge in [-0.1, -0.05) is 45.0 Å². The summed E-state index contributed by atoms with van der Waals surface area (Å²) >= 11 is 0. The van der Waals surface area contributed by atoms with Crippen molar-refractivity contribution in [3.8, 4) is 11.3 Å². The first-order valence-corrected chi connectivity index (χ1v) is 7.99. The smallest absolute Gasteiger partial charge is 0.255 e.